The summed E-state index contributed by atoms with van der Waals surface area (Å²) in [4.78, 5) is 17.2. The molecule has 1 atom stereocenters. The zero-order chi connectivity index (χ0) is 18.5. The summed E-state index contributed by atoms with van der Waals surface area (Å²) in [5.41, 5.74) is 0.623. The molecule has 0 bridgehead atoms. The van der Waals surface area contributed by atoms with Gasteiger partial charge in [-0.2, -0.15) is 0 Å². The van der Waals surface area contributed by atoms with Crippen LogP contribution < -0.4 is 0 Å². The predicted molar refractivity (Wildman–Crippen MR) is 107 cm³/mol. The van der Waals surface area contributed by atoms with Crippen molar-refractivity contribution >= 4 is 21.8 Å². The lowest BCUT2D eigenvalue weighted by atomic mass is 9.94. The Bertz CT molecular complexity index is 616. The van der Waals surface area contributed by atoms with Crippen LogP contribution in [0.1, 0.15) is 44.6 Å². The number of benzene rings is 1. The minimum atomic E-state index is -0.233. The molecule has 0 saturated carbocycles. The van der Waals surface area contributed by atoms with E-state index in [1.165, 1.54) is 38.4 Å². The number of aryl methyl sites for hydroxylation is 1. The van der Waals surface area contributed by atoms with Gasteiger partial charge in [-0.15, -0.1) is 0 Å². The van der Waals surface area contributed by atoms with Gasteiger partial charge < -0.3 is 9.80 Å². The molecule has 3 nitrogen and oxygen atoms in total. The van der Waals surface area contributed by atoms with Crippen molar-refractivity contribution in [2.75, 3.05) is 32.7 Å². The fraction of sp³-hybridized carbons (Fsp3) is 0.667. The number of amides is 1. The van der Waals surface area contributed by atoms with Crippen molar-refractivity contribution in [3.8, 4) is 0 Å². The smallest absolute Gasteiger partial charge is 0.222 e. The predicted octanol–water partition coefficient (Wildman–Crippen LogP) is 4.49. The fourth-order valence-corrected chi connectivity index (χ4v) is 4.51. The molecule has 0 aliphatic carbocycles. The van der Waals surface area contributed by atoms with Gasteiger partial charge in [-0.3, -0.25) is 4.79 Å². The van der Waals surface area contributed by atoms with Crippen LogP contribution in [-0.2, 0) is 11.2 Å². The van der Waals surface area contributed by atoms with Crippen molar-refractivity contribution in [2.24, 2.45) is 11.8 Å². The molecule has 2 heterocycles. The van der Waals surface area contributed by atoms with Crippen LogP contribution in [0.3, 0.4) is 0 Å². The second-order valence-corrected chi connectivity index (χ2v) is 8.98. The molecule has 0 radical (unpaired) electrons. The zero-order valence-electron chi connectivity index (χ0n) is 15.7. The molecular weight excluding hydrogens is 395 g/mol. The maximum Gasteiger partial charge on any atom is 0.222 e. The van der Waals surface area contributed by atoms with Crippen LogP contribution in [0.2, 0.25) is 0 Å². The summed E-state index contributed by atoms with van der Waals surface area (Å²) in [6.07, 6.45) is 5.78. The molecule has 2 fully saturated rings. The molecule has 2 aliphatic heterocycles. The fourth-order valence-electron chi connectivity index (χ4n) is 4.17. The largest absolute Gasteiger partial charge is 0.342 e. The van der Waals surface area contributed by atoms with E-state index in [-0.39, 0.29) is 11.7 Å². The van der Waals surface area contributed by atoms with Crippen LogP contribution in [0, 0.1) is 17.7 Å². The molecule has 0 N–H and O–H groups in total. The van der Waals surface area contributed by atoms with Gasteiger partial charge in [0, 0.05) is 30.5 Å². The number of halogens is 2. The Morgan fingerprint density at radius 2 is 2.00 bits per heavy atom. The summed E-state index contributed by atoms with van der Waals surface area (Å²) in [7, 11) is 0. The van der Waals surface area contributed by atoms with Gasteiger partial charge in [-0.05, 0) is 74.7 Å². The van der Waals surface area contributed by atoms with E-state index in [1.807, 2.05) is 11.0 Å². The number of rotatable bonds is 5. The van der Waals surface area contributed by atoms with Crippen molar-refractivity contribution < 1.29 is 9.18 Å². The number of hydrogen-bond donors (Lipinski definition) is 0. The molecule has 1 unspecified atom stereocenters. The van der Waals surface area contributed by atoms with E-state index in [1.54, 1.807) is 6.07 Å². The number of likely N-dealkylation sites (tertiary alicyclic amines) is 2. The van der Waals surface area contributed by atoms with Crippen molar-refractivity contribution in [2.45, 2.75) is 45.4 Å². The maximum atomic E-state index is 13.9. The summed E-state index contributed by atoms with van der Waals surface area (Å²) in [6.45, 7) is 7.59. The third-order valence-electron chi connectivity index (χ3n) is 5.89. The first-order valence-electron chi connectivity index (χ1n) is 9.95. The van der Waals surface area contributed by atoms with Crippen LogP contribution in [-0.4, -0.2) is 48.4 Å². The molecular formula is C21H30BrFN2O. The van der Waals surface area contributed by atoms with Gasteiger partial charge in [-0.25, -0.2) is 4.39 Å². The SMILES string of the molecule is CC1CCN(CC2CCCN(C(=O)CCc3ccc(Br)cc3F)C2)CC1. The van der Waals surface area contributed by atoms with E-state index in [9.17, 15) is 9.18 Å². The average Bonchev–Trinajstić information content (AvgIpc) is 2.63. The van der Waals surface area contributed by atoms with E-state index in [4.69, 9.17) is 0 Å². The van der Waals surface area contributed by atoms with Crippen molar-refractivity contribution in [1.82, 2.24) is 9.80 Å². The van der Waals surface area contributed by atoms with Gasteiger partial charge in [-0.1, -0.05) is 28.9 Å². The lowest BCUT2D eigenvalue weighted by Gasteiger charge is -2.38. The second kappa shape index (κ2) is 9.32. The van der Waals surface area contributed by atoms with Crippen molar-refractivity contribution in [3.05, 3.63) is 34.1 Å². The van der Waals surface area contributed by atoms with Crippen molar-refractivity contribution in [1.29, 1.82) is 0 Å². The lowest BCUT2D eigenvalue weighted by molar-refractivity contribution is -0.133. The Morgan fingerprint density at radius 1 is 1.23 bits per heavy atom. The normalized spacial score (nSPS) is 22.6. The summed E-state index contributed by atoms with van der Waals surface area (Å²) in [5.74, 6) is 1.38. The Hall–Kier alpha value is -0.940. The number of nitrogens with zero attached hydrogens (tertiary/aromatic N) is 2. The number of carbonyl (C=O) groups is 1. The Morgan fingerprint density at radius 3 is 2.73 bits per heavy atom. The van der Waals surface area contributed by atoms with Crippen LogP contribution in [0.5, 0.6) is 0 Å². The molecule has 2 aliphatic rings. The van der Waals surface area contributed by atoms with E-state index >= 15 is 0 Å². The quantitative estimate of drug-likeness (QED) is 0.694. The minimum Gasteiger partial charge on any atom is -0.342 e. The number of hydrogen-bond acceptors (Lipinski definition) is 2. The first-order chi connectivity index (χ1) is 12.5. The molecule has 1 aromatic rings. The van der Waals surface area contributed by atoms with E-state index in [0.29, 0.717) is 24.3 Å². The van der Waals surface area contributed by atoms with Crippen LogP contribution >= 0.6 is 15.9 Å². The first kappa shape index (κ1) is 19.8. The second-order valence-electron chi connectivity index (χ2n) is 8.07. The Balaban J connectivity index is 1.46. The van der Waals surface area contributed by atoms with Gasteiger partial charge in [0.2, 0.25) is 5.91 Å². The minimum absolute atomic E-state index is 0.171. The van der Waals surface area contributed by atoms with E-state index in [2.05, 4.69) is 27.8 Å². The molecule has 0 aromatic heterocycles. The lowest BCUT2D eigenvalue weighted by Crippen LogP contribution is -2.45. The molecule has 2 saturated heterocycles. The highest BCUT2D eigenvalue weighted by atomic mass is 79.9. The summed E-state index contributed by atoms with van der Waals surface area (Å²) in [6, 6.07) is 5.07. The molecule has 1 amide bonds. The van der Waals surface area contributed by atoms with Crippen molar-refractivity contribution in [3.63, 3.8) is 0 Å². The number of piperidine rings is 2. The molecule has 0 spiro atoms. The standard InChI is InChI=1S/C21H30BrFN2O/c1-16-8-11-24(12-9-16)14-17-3-2-10-25(15-17)21(26)7-5-18-4-6-19(22)13-20(18)23/h4,6,13,16-17H,2-3,5,7-12,14-15H2,1H3. The zero-order valence-corrected chi connectivity index (χ0v) is 17.3. The van der Waals surface area contributed by atoms with Gasteiger partial charge >= 0.3 is 0 Å². The van der Waals surface area contributed by atoms with Gasteiger partial charge in [0.05, 0.1) is 0 Å². The van der Waals surface area contributed by atoms with Crippen LogP contribution in [0.25, 0.3) is 0 Å². The third kappa shape index (κ3) is 5.53. The average molecular weight is 425 g/mol. The third-order valence-corrected chi connectivity index (χ3v) is 6.38. The van der Waals surface area contributed by atoms with E-state index < -0.39 is 0 Å². The highest BCUT2D eigenvalue weighted by Crippen LogP contribution is 2.23. The monoisotopic (exact) mass is 424 g/mol. The first-order valence-corrected chi connectivity index (χ1v) is 10.7. The van der Waals surface area contributed by atoms with Crippen LogP contribution in [0.4, 0.5) is 4.39 Å². The van der Waals surface area contributed by atoms with Gasteiger partial charge in [0.25, 0.3) is 0 Å². The summed E-state index contributed by atoms with van der Waals surface area (Å²) >= 11 is 3.27. The highest BCUT2D eigenvalue weighted by Gasteiger charge is 2.26. The van der Waals surface area contributed by atoms with Gasteiger partial charge in [0.15, 0.2) is 0 Å². The van der Waals surface area contributed by atoms with Gasteiger partial charge in [0.1, 0.15) is 5.82 Å². The number of carbonyl (C=O) groups excluding carboxylic acids is 1. The molecule has 3 rings (SSSR count). The molecule has 144 valence electrons. The molecule has 1 aromatic carbocycles. The maximum absolute atomic E-state index is 13.9. The summed E-state index contributed by atoms with van der Waals surface area (Å²) in [5, 5.41) is 0. The molecule has 5 heteroatoms. The van der Waals surface area contributed by atoms with E-state index in [0.717, 1.165) is 36.4 Å². The Kier molecular flexibility index (Phi) is 7.10. The highest BCUT2D eigenvalue weighted by molar-refractivity contribution is 9.10. The summed E-state index contributed by atoms with van der Waals surface area (Å²) < 4.78 is 14.7. The van der Waals surface area contributed by atoms with Crippen LogP contribution in [0.15, 0.2) is 22.7 Å². The Labute approximate surface area is 165 Å². The topological polar surface area (TPSA) is 23.6 Å². The molecule has 26 heavy (non-hydrogen) atoms.